The normalized spacial score (nSPS) is 19.1. The Morgan fingerprint density at radius 3 is 2.56 bits per heavy atom. The fraction of sp³-hybridized carbons (Fsp3) is 0.556. The zero-order valence-electron chi connectivity index (χ0n) is 20.2. The molecular weight excluding hydrogens is 428 g/mol. The number of hydrogen-bond donors (Lipinski definition) is 1. The van der Waals surface area contributed by atoms with Crippen LogP contribution in [-0.4, -0.2) is 39.4 Å². The van der Waals surface area contributed by atoms with Crippen molar-refractivity contribution in [3.05, 3.63) is 63.8 Å². The molecule has 1 aliphatic heterocycles. The van der Waals surface area contributed by atoms with E-state index in [-0.39, 0.29) is 35.0 Å². The number of piperidine rings is 1. The maximum absolute atomic E-state index is 13.8. The molecule has 7 heteroatoms. The van der Waals surface area contributed by atoms with Gasteiger partial charge in [0, 0.05) is 43.9 Å². The van der Waals surface area contributed by atoms with Gasteiger partial charge in [-0.15, -0.1) is 0 Å². The summed E-state index contributed by atoms with van der Waals surface area (Å²) in [5.74, 6) is -0.675. The summed E-state index contributed by atoms with van der Waals surface area (Å²) < 4.78 is 1.96. The van der Waals surface area contributed by atoms with E-state index >= 15 is 0 Å². The number of unbranched alkanes of at least 4 members (excludes halogenated alkanes) is 1. The molecule has 7 nitrogen and oxygen atoms in total. The second-order valence-electron chi connectivity index (χ2n) is 9.56. The van der Waals surface area contributed by atoms with E-state index in [4.69, 9.17) is 0 Å². The smallest absolute Gasteiger partial charge is 0.259 e. The quantitative estimate of drug-likeness (QED) is 0.605. The minimum absolute atomic E-state index is 0.0717. The van der Waals surface area contributed by atoms with Crippen LogP contribution in [0.2, 0.25) is 0 Å². The lowest BCUT2D eigenvalue weighted by Gasteiger charge is -2.36. The van der Waals surface area contributed by atoms with E-state index in [9.17, 15) is 14.4 Å². The first kappa shape index (κ1) is 24.2. The van der Waals surface area contributed by atoms with E-state index in [0.717, 1.165) is 63.4 Å². The van der Waals surface area contributed by atoms with Gasteiger partial charge in [0.1, 0.15) is 11.1 Å². The average Bonchev–Trinajstić information content (AvgIpc) is 2.89. The van der Waals surface area contributed by atoms with Gasteiger partial charge in [0.2, 0.25) is 5.43 Å². The van der Waals surface area contributed by atoms with Crippen LogP contribution in [0.5, 0.6) is 0 Å². The number of likely N-dealkylation sites (tertiary alicyclic amines) is 1. The molecule has 3 heterocycles. The monoisotopic (exact) mass is 464 g/mol. The average molecular weight is 465 g/mol. The Balaban J connectivity index is 1.71. The summed E-state index contributed by atoms with van der Waals surface area (Å²) in [5.41, 5.74) is 0.685. The van der Waals surface area contributed by atoms with Crippen LogP contribution < -0.4 is 10.7 Å². The van der Waals surface area contributed by atoms with Crippen LogP contribution in [0, 0.1) is 0 Å². The molecule has 0 unspecified atom stereocenters. The van der Waals surface area contributed by atoms with Crippen molar-refractivity contribution in [2.45, 2.75) is 83.2 Å². The van der Waals surface area contributed by atoms with Crippen LogP contribution in [0.4, 0.5) is 0 Å². The van der Waals surface area contributed by atoms with Gasteiger partial charge in [-0.1, -0.05) is 38.7 Å². The van der Waals surface area contributed by atoms with Crippen LogP contribution in [0.3, 0.4) is 0 Å². The summed E-state index contributed by atoms with van der Waals surface area (Å²) in [6.45, 7) is 3.17. The number of hydrogen-bond acceptors (Lipinski definition) is 4. The SMILES string of the molecule is CCCCNC(=O)c1cn(C2CCCCC2)cc(C(=O)N2CCCC[C@@H]2c2cccnc2)c1=O. The van der Waals surface area contributed by atoms with Gasteiger partial charge in [-0.05, 0) is 50.2 Å². The zero-order valence-corrected chi connectivity index (χ0v) is 20.2. The molecule has 1 atom stereocenters. The molecular formula is C27H36N4O3. The van der Waals surface area contributed by atoms with Gasteiger partial charge in [-0.25, -0.2) is 0 Å². The van der Waals surface area contributed by atoms with Crippen molar-refractivity contribution in [2.75, 3.05) is 13.1 Å². The van der Waals surface area contributed by atoms with Gasteiger partial charge < -0.3 is 14.8 Å². The highest BCUT2D eigenvalue weighted by molar-refractivity contribution is 5.99. The molecule has 1 saturated carbocycles. The summed E-state index contributed by atoms with van der Waals surface area (Å²) in [7, 11) is 0. The lowest BCUT2D eigenvalue weighted by Crippen LogP contribution is -2.42. The molecule has 4 rings (SSSR count). The second kappa shape index (κ2) is 11.4. The molecule has 34 heavy (non-hydrogen) atoms. The highest BCUT2D eigenvalue weighted by atomic mass is 16.2. The van der Waals surface area contributed by atoms with Crippen LogP contribution in [0.25, 0.3) is 0 Å². The fourth-order valence-electron chi connectivity index (χ4n) is 5.22. The number of rotatable bonds is 7. The summed E-state index contributed by atoms with van der Waals surface area (Å²) in [6, 6.07) is 3.96. The predicted molar refractivity (Wildman–Crippen MR) is 132 cm³/mol. The number of nitrogens with one attached hydrogen (secondary N) is 1. The predicted octanol–water partition coefficient (Wildman–Crippen LogP) is 4.65. The van der Waals surface area contributed by atoms with E-state index in [1.54, 1.807) is 29.7 Å². The molecule has 0 bridgehead atoms. The minimum atomic E-state index is -0.471. The molecule has 2 aromatic rings. The third-order valence-electron chi connectivity index (χ3n) is 7.17. The van der Waals surface area contributed by atoms with Crippen LogP contribution >= 0.6 is 0 Å². The molecule has 1 aliphatic carbocycles. The van der Waals surface area contributed by atoms with Gasteiger partial charge in [-0.3, -0.25) is 19.4 Å². The Labute approximate surface area is 201 Å². The largest absolute Gasteiger partial charge is 0.352 e. The van der Waals surface area contributed by atoms with E-state index in [0.29, 0.717) is 13.1 Å². The number of amides is 2. The summed E-state index contributed by atoms with van der Waals surface area (Å²) >= 11 is 0. The molecule has 2 aliphatic rings. The van der Waals surface area contributed by atoms with Crippen molar-refractivity contribution < 1.29 is 9.59 Å². The first-order valence-corrected chi connectivity index (χ1v) is 12.8. The Morgan fingerprint density at radius 2 is 1.82 bits per heavy atom. The first-order chi connectivity index (χ1) is 16.6. The molecule has 1 saturated heterocycles. The first-order valence-electron chi connectivity index (χ1n) is 12.8. The fourth-order valence-corrected chi connectivity index (χ4v) is 5.22. The maximum Gasteiger partial charge on any atom is 0.259 e. The van der Waals surface area contributed by atoms with Crippen molar-refractivity contribution in [2.24, 2.45) is 0 Å². The topological polar surface area (TPSA) is 84.3 Å². The maximum atomic E-state index is 13.8. The van der Waals surface area contributed by atoms with Crippen molar-refractivity contribution in [1.82, 2.24) is 19.8 Å². The van der Waals surface area contributed by atoms with Gasteiger partial charge >= 0.3 is 0 Å². The highest BCUT2D eigenvalue weighted by Gasteiger charge is 2.32. The molecule has 1 N–H and O–H groups in total. The second-order valence-corrected chi connectivity index (χ2v) is 9.56. The van der Waals surface area contributed by atoms with Gasteiger partial charge in [0.15, 0.2) is 0 Å². The molecule has 0 spiro atoms. The summed E-state index contributed by atoms with van der Waals surface area (Å²) in [6.07, 6.45) is 16.9. The summed E-state index contributed by atoms with van der Waals surface area (Å²) in [5, 5.41) is 2.87. The molecule has 2 amide bonds. The Morgan fingerprint density at radius 1 is 1.06 bits per heavy atom. The Kier molecular flexibility index (Phi) is 8.14. The standard InChI is InChI=1S/C27H36N4O3/c1-2-3-15-29-26(33)22-18-30(21-11-5-4-6-12-21)19-23(25(22)32)27(34)31-16-8-7-13-24(31)20-10-9-14-28-17-20/h9-10,14,17-19,21,24H,2-8,11-13,15-16H2,1H3,(H,29,33)/t24-/m1/s1. The number of carbonyl (C=O) groups excluding carboxylic acids is 2. The van der Waals surface area contributed by atoms with Gasteiger partial charge in [-0.2, -0.15) is 0 Å². The minimum Gasteiger partial charge on any atom is -0.352 e. The van der Waals surface area contributed by atoms with Gasteiger partial charge in [0.05, 0.1) is 6.04 Å². The van der Waals surface area contributed by atoms with Crippen LogP contribution in [0.15, 0.2) is 41.7 Å². The van der Waals surface area contributed by atoms with E-state index in [1.165, 1.54) is 6.42 Å². The third kappa shape index (κ3) is 5.40. The number of carbonyl (C=O) groups is 2. The molecule has 182 valence electrons. The van der Waals surface area contributed by atoms with Gasteiger partial charge in [0.25, 0.3) is 11.8 Å². The molecule has 2 aromatic heterocycles. The van der Waals surface area contributed by atoms with Crippen molar-refractivity contribution in [3.63, 3.8) is 0 Å². The van der Waals surface area contributed by atoms with Crippen molar-refractivity contribution in [3.8, 4) is 0 Å². The van der Waals surface area contributed by atoms with Crippen LogP contribution in [-0.2, 0) is 0 Å². The summed E-state index contributed by atoms with van der Waals surface area (Å²) in [4.78, 5) is 46.3. The van der Waals surface area contributed by atoms with Crippen LogP contribution in [0.1, 0.15) is 109 Å². The van der Waals surface area contributed by atoms with E-state index in [2.05, 4.69) is 17.2 Å². The number of aromatic nitrogens is 2. The highest BCUT2D eigenvalue weighted by Crippen LogP contribution is 2.32. The molecule has 0 radical (unpaired) electrons. The number of pyridine rings is 2. The number of nitrogens with zero attached hydrogens (tertiary/aromatic N) is 3. The molecule has 0 aromatic carbocycles. The lowest BCUT2D eigenvalue weighted by molar-refractivity contribution is 0.0608. The van der Waals surface area contributed by atoms with Crippen molar-refractivity contribution >= 4 is 11.8 Å². The van der Waals surface area contributed by atoms with E-state index < -0.39 is 5.43 Å². The lowest BCUT2D eigenvalue weighted by atomic mass is 9.94. The van der Waals surface area contributed by atoms with E-state index in [1.807, 2.05) is 16.7 Å². The third-order valence-corrected chi connectivity index (χ3v) is 7.17. The Bertz CT molecular complexity index is 1040. The Hall–Kier alpha value is -2.96. The zero-order chi connectivity index (χ0) is 23.9. The van der Waals surface area contributed by atoms with Crippen molar-refractivity contribution in [1.29, 1.82) is 0 Å². The molecule has 2 fully saturated rings.